The minimum absolute atomic E-state index is 0.0481. The molecule has 0 aliphatic heterocycles. The third kappa shape index (κ3) is 4.70. The second-order valence-electron chi connectivity index (χ2n) is 4.50. The zero-order valence-electron chi connectivity index (χ0n) is 12.3. The number of pyridine rings is 1. The molecule has 0 aliphatic carbocycles. The van der Waals surface area contributed by atoms with Crippen LogP contribution in [-0.4, -0.2) is 38.9 Å². The molecule has 114 valence electrons. The van der Waals surface area contributed by atoms with Gasteiger partial charge in [0.1, 0.15) is 5.82 Å². The molecule has 2 rings (SSSR count). The van der Waals surface area contributed by atoms with Crippen LogP contribution in [0.5, 0.6) is 0 Å². The smallest absolute Gasteiger partial charge is 0.307 e. The van der Waals surface area contributed by atoms with E-state index < -0.39 is 5.97 Å². The molecule has 6 nitrogen and oxygen atoms in total. The quantitative estimate of drug-likeness (QED) is 0.781. The van der Waals surface area contributed by atoms with Gasteiger partial charge in [0.05, 0.1) is 13.0 Å². The zero-order valence-corrected chi connectivity index (χ0v) is 12.3. The molecule has 0 aromatic carbocycles. The molecule has 0 aliphatic rings. The van der Waals surface area contributed by atoms with Crippen molar-refractivity contribution in [1.29, 1.82) is 0 Å². The van der Waals surface area contributed by atoms with Crippen molar-refractivity contribution >= 4 is 5.97 Å². The van der Waals surface area contributed by atoms with Crippen LogP contribution in [0.25, 0.3) is 5.82 Å². The Hall–Kier alpha value is -2.18. The summed E-state index contributed by atoms with van der Waals surface area (Å²) in [5.41, 5.74) is 7.54. The Labute approximate surface area is 123 Å². The Bertz CT molecular complexity index is 577. The summed E-state index contributed by atoms with van der Waals surface area (Å²) in [7, 11) is 0. The number of aliphatic carboxylic acids is 1. The van der Waals surface area contributed by atoms with Crippen molar-refractivity contribution in [3.8, 4) is 5.82 Å². The molecule has 0 unspecified atom stereocenters. The number of nitrogens with zero attached hydrogens (tertiary/aromatic N) is 2. The number of carbonyl (C=O) groups is 1. The number of hydrogen-bond acceptors (Lipinski definition) is 4. The van der Waals surface area contributed by atoms with Gasteiger partial charge in [-0.1, -0.05) is 6.07 Å². The molecule has 4 N–H and O–H groups in total. The average Bonchev–Trinajstić information content (AvgIpc) is 2.74. The molecule has 6 heteroatoms. The fourth-order valence-corrected chi connectivity index (χ4v) is 2.01. The molecule has 21 heavy (non-hydrogen) atoms. The van der Waals surface area contributed by atoms with Gasteiger partial charge in [-0.3, -0.25) is 4.79 Å². The van der Waals surface area contributed by atoms with E-state index in [4.69, 9.17) is 15.9 Å². The summed E-state index contributed by atoms with van der Waals surface area (Å²) in [6.07, 6.45) is 1.78. The molecule has 0 saturated carbocycles. The highest BCUT2D eigenvalue weighted by atomic mass is 16.4. The number of aliphatic hydroxyl groups is 1. The number of nitrogens with two attached hydrogens (primary N) is 1. The minimum atomic E-state index is -0.814. The van der Waals surface area contributed by atoms with Crippen molar-refractivity contribution in [1.82, 2.24) is 9.55 Å². The normalized spacial score (nSPS) is 9.90. The Morgan fingerprint density at radius 3 is 2.52 bits per heavy atom. The molecule has 2 aromatic heterocycles. The van der Waals surface area contributed by atoms with Gasteiger partial charge >= 0.3 is 5.97 Å². The summed E-state index contributed by atoms with van der Waals surface area (Å²) in [5.74, 6) is 0.00501. The van der Waals surface area contributed by atoms with Crippen LogP contribution in [0.3, 0.4) is 0 Å². The lowest BCUT2D eigenvalue weighted by Crippen LogP contribution is -2.04. The van der Waals surface area contributed by atoms with Gasteiger partial charge in [-0.2, -0.15) is 0 Å². The fourth-order valence-electron chi connectivity index (χ4n) is 2.01. The van der Waals surface area contributed by atoms with Crippen molar-refractivity contribution in [3.63, 3.8) is 0 Å². The van der Waals surface area contributed by atoms with Crippen molar-refractivity contribution in [2.75, 3.05) is 13.2 Å². The summed E-state index contributed by atoms with van der Waals surface area (Å²) in [5, 5.41) is 16.6. The maximum absolute atomic E-state index is 10.8. The van der Waals surface area contributed by atoms with E-state index in [0.29, 0.717) is 6.54 Å². The predicted molar refractivity (Wildman–Crippen MR) is 80.5 cm³/mol. The Balaban J connectivity index is 0.000000491. The molecule has 0 fully saturated rings. The second kappa shape index (κ2) is 8.18. The first-order chi connectivity index (χ1) is 10.0. The summed E-state index contributed by atoms with van der Waals surface area (Å²) in [6, 6.07) is 7.58. The fraction of sp³-hybridized carbons (Fsp3) is 0.333. The standard InChI is InChI=1S/C13H14N2O2.C2H7NO/c1-9-7-11(8-13(16)17)10(2)15(9)12-5-3-4-6-14-12;3-1-2-4/h3-7H,8H2,1-2H3,(H,16,17);4H,1-3H2. The van der Waals surface area contributed by atoms with E-state index in [1.165, 1.54) is 0 Å². The molecular weight excluding hydrogens is 270 g/mol. The number of aryl methyl sites for hydroxylation is 1. The van der Waals surface area contributed by atoms with Gasteiger partial charge in [0, 0.05) is 24.1 Å². The van der Waals surface area contributed by atoms with Gasteiger partial charge in [-0.05, 0) is 37.6 Å². The Morgan fingerprint density at radius 1 is 1.38 bits per heavy atom. The highest BCUT2D eigenvalue weighted by molar-refractivity contribution is 5.70. The third-order valence-electron chi connectivity index (χ3n) is 2.89. The highest BCUT2D eigenvalue weighted by Gasteiger charge is 2.13. The summed E-state index contributed by atoms with van der Waals surface area (Å²) in [6.45, 7) is 4.34. The largest absolute Gasteiger partial charge is 0.481 e. The van der Waals surface area contributed by atoms with Gasteiger partial charge < -0.3 is 20.5 Å². The number of aromatic nitrogens is 2. The van der Waals surface area contributed by atoms with E-state index in [9.17, 15) is 4.79 Å². The SMILES string of the molecule is Cc1cc(CC(=O)O)c(C)n1-c1ccccn1.NCCO. The highest BCUT2D eigenvalue weighted by Crippen LogP contribution is 2.19. The van der Waals surface area contributed by atoms with Gasteiger partial charge in [-0.25, -0.2) is 4.98 Å². The van der Waals surface area contributed by atoms with Crippen LogP contribution in [0.2, 0.25) is 0 Å². The first-order valence-electron chi connectivity index (χ1n) is 6.63. The Kier molecular flexibility index (Phi) is 6.58. The lowest BCUT2D eigenvalue weighted by Gasteiger charge is -2.08. The molecular formula is C15H21N3O3. The third-order valence-corrected chi connectivity index (χ3v) is 2.89. The van der Waals surface area contributed by atoms with Crippen LogP contribution < -0.4 is 5.73 Å². The van der Waals surface area contributed by atoms with Crippen molar-refractivity contribution in [2.24, 2.45) is 5.73 Å². The molecule has 0 amide bonds. The lowest BCUT2D eigenvalue weighted by atomic mass is 10.2. The first-order valence-corrected chi connectivity index (χ1v) is 6.63. The van der Waals surface area contributed by atoms with Gasteiger partial charge in [0.25, 0.3) is 0 Å². The van der Waals surface area contributed by atoms with Crippen LogP contribution in [-0.2, 0) is 11.2 Å². The summed E-state index contributed by atoms with van der Waals surface area (Å²) in [4.78, 5) is 15.0. The molecule has 2 aromatic rings. The summed E-state index contributed by atoms with van der Waals surface area (Å²) < 4.78 is 1.97. The average molecular weight is 291 g/mol. The topological polar surface area (TPSA) is 101 Å². The van der Waals surface area contributed by atoms with Crippen LogP contribution in [0.1, 0.15) is 17.0 Å². The number of rotatable bonds is 4. The van der Waals surface area contributed by atoms with Gasteiger partial charge in [0.15, 0.2) is 0 Å². The number of hydrogen-bond donors (Lipinski definition) is 3. The van der Waals surface area contributed by atoms with Crippen molar-refractivity contribution in [2.45, 2.75) is 20.3 Å². The van der Waals surface area contributed by atoms with Crippen LogP contribution in [0, 0.1) is 13.8 Å². The van der Waals surface area contributed by atoms with Crippen LogP contribution in [0.15, 0.2) is 30.5 Å². The molecule has 0 atom stereocenters. The first kappa shape index (κ1) is 16.9. The van der Waals surface area contributed by atoms with Gasteiger partial charge in [0.2, 0.25) is 0 Å². The number of carboxylic acids is 1. The number of carboxylic acid groups (broad SMARTS) is 1. The maximum Gasteiger partial charge on any atom is 0.307 e. The van der Waals surface area contributed by atoms with E-state index >= 15 is 0 Å². The zero-order chi connectivity index (χ0) is 15.8. The molecule has 0 bridgehead atoms. The van der Waals surface area contributed by atoms with Gasteiger partial charge in [-0.15, -0.1) is 0 Å². The van der Waals surface area contributed by atoms with Crippen LogP contribution in [0.4, 0.5) is 0 Å². The number of aliphatic hydroxyl groups excluding tert-OH is 1. The van der Waals surface area contributed by atoms with E-state index in [2.05, 4.69) is 4.98 Å². The predicted octanol–water partition coefficient (Wildman–Crippen LogP) is 1.05. The molecule has 0 radical (unpaired) electrons. The lowest BCUT2D eigenvalue weighted by molar-refractivity contribution is -0.136. The molecule has 2 heterocycles. The monoisotopic (exact) mass is 291 g/mol. The van der Waals surface area contributed by atoms with Crippen LogP contribution >= 0.6 is 0 Å². The maximum atomic E-state index is 10.8. The van der Waals surface area contributed by atoms with E-state index in [0.717, 1.165) is 22.8 Å². The van der Waals surface area contributed by atoms with Crippen molar-refractivity contribution < 1.29 is 15.0 Å². The van der Waals surface area contributed by atoms with Crippen molar-refractivity contribution in [3.05, 3.63) is 47.4 Å². The minimum Gasteiger partial charge on any atom is -0.481 e. The van der Waals surface area contributed by atoms with E-state index in [-0.39, 0.29) is 13.0 Å². The molecule has 0 saturated heterocycles. The molecule has 0 spiro atoms. The van der Waals surface area contributed by atoms with E-state index in [1.807, 2.05) is 42.7 Å². The second-order valence-corrected chi connectivity index (χ2v) is 4.50. The Morgan fingerprint density at radius 2 is 2.05 bits per heavy atom. The summed E-state index contributed by atoms with van der Waals surface area (Å²) >= 11 is 0. The van der Waals surface area contributed by atoms with E-state index in [1.54, 1.807) is 6.20 Å².